The summed E-state index contributed by atoms with van der Waals surface area (Å²) in [6.45, 7) is 4.68. The first-order chi connectivity index (χ1) is 10.5. The first-order valence-corrected chi connectivity index (χ1v) is 7.37. The number of fused-ring (bicyclic) bond motifs is 1. The monoisotopic (exact) mass is 300 g/mol. The van der Waals surface area contributed by atoms with Gasteiger partial charge in [0.05, 0.1) is 6.61 Å². The van der Waals surface area contributed by atoms with Gasteiger partial charge in [0.15, 0.2) is 5.79 Å². The molecule has 1 aliphatic heterocycles. The van der Waals surface area contributed by atoms with Gasteiger partial charge in [0.25, 0.3) is 0 Å². The van der Waals surface area contributed by atoms with Gasteiger partial charge in [0.2, 0.25) is 5.91 Å². The lowest BCUT2D eigenvalue weighted by atomic mass is 10.1. The van der Waals surface area contributed by atoms with Gasteiger partial charge in [-0.2, -0.15) is 0 Å². The van der Waals surface area contributed by atoms with Crippen molar-refractivity contribution in [1.82, 2.24) is 10.3 Å². The molecule has 0 bridgehead atoms. The Morgan fingerprint density at radius 1 is 1.45 bits per heavy atom. The van der Waals surface area contributed by atoms with E-state index in [2.05, 4.69) is 10.3 Å². The molecule has 5 heteroatoms. The van der Waals surface area contributed by atoms with E-state index in [9.17, 15) is 4.79 Å². The molecule has 2 aromatic rings. The van der Waals surface area contributed by atoms with E-state index in [4.69, 9.17) is 9.47 Å². The van der Waals surface area contributed by atoms with E-state index < -0.39 is 5.79 Å². The van der Waals surface area contributed by atoms with E-state index >= 15 is 0 Å². The SMILES string of the molecule is CC1(C)OCC(CNC(=O)/C=C/c2c[nH]c3ccccc23)O1. The first kappa shape index (κ1) is 14.8. The Morgan fingerprint density at radius 2 is 2.27 bits per heavy atom. The maximum Gasteiger partial charge on any atom is 0.244 e. The normalized spacial score (nSPS) is 20.7. The molecule has 0 spiro atoms. The lowest BCUT2D eigenvalue weighted by molar-refractivity contribution is -0.139. The van der Waals surface area contributed by atoms with Crippen molar-refractivity contribution >= 4 is 22.9 Å². The van der Waals surface area contributed by atoms with Gasteiger partial charge < -0.3 is 19.8 Å². The molecule has 0 saturated carbocycles. The molecule has 1 atom stereocenters. The van der Waals surface area contributed by atoms with Crippen LogP contribution >= 0.6 is 0 Å². The zero-order valence-corrected chi connectivity index (χ0v) is 12.8. The van der Waals surface area contributed by atoms with Crippen molar-refractivity contribution in [2.24, 2.45) is 0 Å². The number of ether oxygens (including phenoxy) is 2. The minimum absolute atomic E-state index is 0.0968. The van der Waals surface area contributed by atoms with Gasteiger partial charge in [0, 0.05) is 29.7 Å². The predicted octanol–water partition coefficient (Wildman–Crippen LogP) is 2.45. The summed E-state index contributed by atoms with van der Waals surface area (Å²) in [5, 5.41) is 3.93. The number of hydrogen-bond acceptors (Lipinski definition) is 3. The third kappa shape index (κ3) is 3.37. The first-order valence-electron chi connectivity index (χ1n) is 7.37. The van der Waals surface area contributed by atoms with Gasteiger partial charge in [-0.3, -0.25) is 4.79 Å². The Kier molecular flexibility index (Phi) is 4.00. The Balaban J connectivity index is 1.55. The fourth-order valence-corrected chi connectivity index (χ4v) is 2.53. The van der Waals surface area contributed by atoms with Crippen LogP contribution in [0.1, 0.15) is 19.4 Å². The summed E-state index contributed by atoms with van der Waals surface area (Å²) < 4.78 is 11.1. The highest BCUT2D eigenvalue weighted by Crippen LogP contribution is 2.21. The maximum atomic E-state index is 11.9. The van der Waals surface area contributed by atoms with Crippen LogP contribution < -0.4 is 5.32 Å². The molecule has 0 aliphatic carbocycles. The molecule has 2 heterocycles. The summed E-state index contributed by atoms with van der Waals surface area (Å²) in [6.07, 6.45) is 5.14. The lowest BCUT2D eigenvalue weighted by Crippen LogP contribution is -2.33. The highest BCUT2D eigenvalue weighted by Gasteiger charge is 2.32. The van der Waals surface area contributed by atoms with Crippen molar-refractivity contribution in [1.29, 1.82) is 0 Å². The molecule has 5 nitrogen and oxygen atoms in total. The van der Waals surface area contributed by atoms with Crippen LogP contribution in [0.4, 0.5) is 0 Å². The molecule has 0 radical (unpaired) electrons. The molecule has 22 heavy (non-hydrogen) atoms. The molecule has 1 unspecified atom stereocenters. The molecule has 3 rings (SSSR count). The zero-order chi connectivity index (χ0) is 15.6. The summed E-state index contributed by atoms with van der Waals surface area (Å²) in [4.78, 5) is 15.1. The molecule has 116 valence electrons. The number of aromatic amines is 1. The minimum atomic E-state index is -0.560. The molecule has 2 N–H and O–H groups in total. The Hall–Kier alpha value is -2.11. The Labute approximate surface area is 129 Å². The van der Waals surface area contributed by atoms with E-state index in [1.165, 1.54) is 6.08 Å². The van der Waals surface area contributed by atoms with Crippen LogP contribution in [-0.4, -0.2) is 35.9 Å². The number of hydrogen-bond donors (Lipinski definition) is 2. The van der Waals surface area contributed by atoms with Crippen LogP contribution in [-0.2, 0) is 14.3 Å². The van der Waals surface area contributed by atoms with Crippen LogP contribution in [0, 0.1) is 0 Å². The third-order valence-electron chi connectivity index (χ3n) is 3.61. The largest absolute Gasteiger partial charge is 0.361 e. The molecule has 1 aromatic carbocycles. The van der Waals surface area contributed by atoms with E-state index in [-0.39, 0.29) is 12.0 Å². The topological polar surface area (TPSA) is 63.3 Å². The number of para-hydroxylation sites is 1. The lowest BCUT2D eigenvalue weighted by Gasteiger charge is -2.17. The highest BCUT2D eigenvalue weighted by atomic mass is 16.7. The van der Waals surface area contributed by atoms with Gasteiger partial charge >= 0.3 is 0 Å². The quantitative estimate of drug-likeness (QED) is 0.853. The highest BCUT2D eigenvalue weighted by molar-refractivity contribution is 5.96. The molecule has 1 saturated heterocycles. The fraction of sp³-hybridized carbons (Fsp3) is 0.353. The molecule has 1 aliphatic rings. The number of carbonyl (C=O) groups excluding carboxylic acids is 1. The number of rotatable bonds is 4. The van der Waals surface area contributed by atoms with Gasteiger partial charge in [-0.15, -0.1) is 0 Å². The van der Waals surface area contributed by atoms with Crippen molar-refractivity contribution in [3.63, 3.8) is 0 Å². The smallest absolute Gasteiger partial charge is 0.244 e. The molecule has 1 aromatic heterocycles. The van der Waals surface area contributed by atoms with Crippen molar-refractivity contribution < 1.29 is 14.3 Å². The van der Waals surface area contributed by atoms with Crippen LogP contribution in [0.2, 0.25) is 0 Å². The standard InChI is InChI=1S/C17H20N2O3/c1-17(2)21-11-13(22-17)10-19-16(20)8-7-12-9-18-15-6-4-3-5-14(12)15/h3-9,13,18H,10-11H2,1-2H3,(H,19,20)/b8-7+. The summed E-state index contributed by atoms with van der Waals surface area (Å²) in [5.74, 6) is -0.700. The fourth-order valence-electron chi connectivity index (χ4n) is 2.53. The van der Waals surface area contributed by atoms with Gasteiger partial charge in [-0.25, -0.2) is 0 Å². The summed E-state index contributed by atoms with van der Waals surface area (Å²) in [5.41, 5.74) is 2.05. The zero-order valence-electron chi connectivity index (χ0n) is 12.8. The summed E-state index contributed by atoms with van der Waals surface area (Å²) >= 11 is 0. The number of amides is 1. The number of benzene rings is 1. The minimum Gasteiger partial charge on any atom is -0.361 e. The average molecular weight is 300 g/mol. The average Bonchev–Trinajstić information content (AvgIpc) is 3.06. The third-order valence-corrected chi connectivity index (χ3v) is 3.61. The van der Waals surface area contributed by atoms with Crippen molar-refractivity contribution in [2.75, 3.05) is 13.2 Å². The number of aromatic nitrogens is 1. The van der Waals surface area contributed by atoms with E-state index in [0.717, 1.165) is 16.5 Å². The second kappa shape index (κ2) is 5.94. The summed E-state index contributed by atoms with van der Waals surface area (Å²) in [7, 11) is 0. The maximum absolute atomic E-state index is 11.9. The van der Waals surface area contributed by atoms with Crippen molar-refractivity contribution in [3.8, 4) is 0 Å². The van der Waals surface area contributed by atoms with Gasteiger partial charge in [-0.05, 0) is 31.6 Å². The van der Waals surface area contributed by atoms with Gasteiger partial charge in [0.1, 0.15) is 6.10 Å². The summed E-state index contributed by atoms with van der Waals surface area (Å²) in [6, 6.07) is 7.98. The predicted molar refractivity (Wildman–Crippen MR) is 85.2 cm³/mol. The number of H-pyrrole nitrogens is 1. The Bertz CT molecular complexity index is 703. The van der Waals surface area contributed by atoms with Crippen molar-refractivity contribution in [2.45, 2.75) is 25.7 Å². The van der Waals surface area contributed by atoms with E-state index in [0.29, 0.717) is 13.2 Å². The number of nitrogens with one attached hydrogen (secondary N) is 2. The molecular weight excluding hydrogens is 280 g/mol. The number of carbonyl (C=O) groups is 1. The van der Waals surface area contributed by atoms with Crippen LogP contribution in [0.25, 0.3) is 17.0 Å². The van der Waals surface area contributed by atoms with Crippen LogP contribution in [0.15, 0.2) is 36.5 Å². The molecular formula is C17H20N2O3. The second-order valence-corrected chi connectivity index (χ2v) is 5.82. The second-order valence-electron chi connectivity index (χ2n) is 5.82. The van der Waals surface area contributed by atoms with Crippen molar-refractivity contribution in [3.05, 3.63) is 42.1 Å². The van der Waals surface area contributed by atoms with Crippen LogP contribution in [0.3, 0.4) is 0 Å². The molecule has 1 amide bonds. The van der Waals surface area contributed by atoms with Crippen LogP contribution in [0.5, 0.6) is 0 Å². The Morgan fingerprint density at radius 3 is 3.05 bits per heavy atom. The molecule has 1 fully saturated rings. The van der Waals surface area contributed by atoms with E-state index in [1.807, 2.05) is 50.4 Å². The van der Waals surface area contributed by atoms with Gasteiger partial charge in [-0.1, -0.05) is 18.2 Å². The van der Waals surface area contributed by atoms with E-state index in [1.54, 1.807) is 0 Å².